The summed E-state index contributed by atoms with van der Waals surface area (Å²) < 4.78 is 33.1. The molecule has 7 nitrogen and oxygen atoms in total. The number of carbonyl (C=O) groups is 1. The van der Waals surface area contributed by atoms with Gasteiger partial charge in [-0.3, -0.25) is 9.10 Å². The number of benzene rings is 2. The van der Waals surface area contributed by atoms with Crippen LogP contribution in [0.2, 0.25) is 5.15 Å². The molecule has 0 bridgehead atoms. The fourth-order valence-electron chi connectivity index (χ4n) is 2.78. The molecule has 9 heteroatoms. The first-order chi connectivity index (χ1) is 14.3. The molecule has 3 aromatic rings. The van der Waals surface area contributed by atoms with Gasteiger partial charge in [0, 0.05) is 6.07 Å². The van der Waals surface area contributed by atoms with Gasteiger partial charge in [0.25, 0.3) is 10.0 Å². The molecule has 1 heterocycles. The van der Waals surface area contributed by atoms with Gasteiger partial charge in [-0.1, -0.05) is 35.9 Å². The lowest BCUT2D eigenvalue weighted by Crippen LogP contribution is -2.38. The van der Waals surface area contributed by atoms with Crippen LogP contribution in [0.3, 0.4) is 0 Å². The van der Waals surface area contributed by atoms with Crippen molar-refractivity contribution >= 4 is 38.9 Å². The molecular weight excluding hydrogens is 426 g/mol. The van der Waals surface area contributed by atoms with E-state index < -0.39 is 22.5 Å². The van der Waals surface area contributed by atoms with E-state index in [1.165, 1.54) is 31.5 Å². The molecule has 3 rings (SSSR count). The maximum absolute atomic E-state index is 13.4. The Morgan fingerprint density at radius 1 is 1.13 bits per heavy atom. The Labute approximate surface area is 180 Å². The lowest BCUT2D eigenvalue weighted by molar-refractivity contribution is -0.114. The number of rotatable bonds is 7. The molecule has 0 aliphatic rings. The van der Waals surface area contributed by atoms with Crippen LogP contribution in [0.5, 0.6) is 5.75 Å². The first-order valence-corrected chi connectivity index (χ1v) is 10.8. The van der Waals surface area contributed by atoms with Gasteiger partial charge in [-0.05, 0) is 42.8 Å². The number of anilines is 2. The summed E-state index contributed by atoms with van der Waals surface area (Å²) in [6.07, 6.45) is 1.40. The van der Waals surface area contributed by atoms with Crippen molar-refractivity contribution in [3.63, 3.8) is 0 Å². The Morgan fingerprint density at radius 2 is 1.87 bits per heavy atom. The van der Waals surface area contributed by atoms with Gasteiger partial charge in [0.05, 0.1) is 29.6 Å². The summed E-state index contributed by atoms with van der Waals surface area (Å²) in [6, 6.07) is 16.1. The topological polar surface area (TPSA) is 88.6 Å². The number of hydrogen-bond acceptors (Lipinski definition) is 5. The first kappa shape index (κ1) is 21.6. The molecular formula is C21H20ClN3O4S. The Morgan fingerprint density at radius 3 is 2.50 bits per heavy atom. The van der Waals surface area contributed by atoms with Crippen molar-refractivity contribution < 1.29 is 17.9 Å². The third kappa shape index (κ3) is 4.90. The van der Waals surface area contributed by atoms with E-state index in [1.54, 1.807) is 49.4 Å². The number of carbonyl (C=O) groups excluding carboxylic acids is 1. The van der Waals surface area contributed by atoms with Crippen molar-refractivity contribution in [3.05, 3.63) is 77.6 Å². The monoisotopic (exact) mass is 445 g/mol. The predicted octanol–water partition coefficient (Wildman–Crippen LogP) is 3.89. The Balaban J connectivity index is 1.99. The molecule has 0 spiro atoms. The van der Waals surface area contributed by atoms with Crippen LogP contribution in [0, 0.1) is 6.92 Å². The molecule has 0 aliphatic heterocycles. The van der Waals surface area contributed by atoms with Crippen molar-refractivity contribution in [1.82, 2.24) is 4.98 Å². The fourth-order valence-corrected chi connectivity index (χ4v) is 4.40. The average molecular weight is 446 g/mol. The standard InChI is InChI=1S/C21H20ClN3O4S/c1-15-8-10-17(29-2)12-19(15)25(30(27,28)18-6-4-3-5-7-18)14-21(26)24-16-9-11-20(22)23-13-16/h3-13H,14H2,1-2H3,(H,24,26). The minimum Gasteiger partial charge on any atom is -0.497 e. The summed E-state index contributed by atoms with van der Waals surface area (Å²) in [6.45, 7) is 1.33. The van der Waals surface area contributed by atoms with Crippen LogP contribution in [-0.2, 0) is 14.8 Å². The van der Waals surface area contributed by atoms with E-state index >= 15 is 0 Å². The summed E-state index contributed by atoms with van der Waals surface area (Å²) in [4.78, 5) is 16.7. The van der Waals surface area contributed by atoms with Crippen LogP contribution in [0.15, 0.2) is 71.8 Å². The van der Waals surface area contributed by atoms with E-state index in [-0.39, 0.29) is 10.0 Å². The molecule has 0 atom stereocenters. The minimum atomic E-state index is -4.02. The van der Waals surface area contributed by atoms with E-state index in [4.69, 9.17) is 16.3 Å². The number of methoxy groups -OCH3 is 1. The number of aromatic nitrogens is 1. The largest absolute Gasteiger partial charge is 0.497 e. The van der Waals surface area contributed by atoms with Gasteiger partial charge in [-0.15, -0.1) is 0 Å². The van der Waals surface area contributed by atoms with Gasteiger partial charge in [-0.2, -0.15) is 0 Å². The highest BCUT2D eigenvalue weighted by Gasteiger charge is 2.28. The van der Waals surface area contributed by atoms with Gasteiger partial charge in [0.1, 0.15) is 17.4 Å². The number of halogens is 1. The quantitative estimate of drug-likeness (QED) is 0.557. The molecule has 0 saturated heterocycles. The third-order valence-electron chi connectivity index (χ3n) is 4.31. The highest BCUT2D eigenvalue weighted by Crippen LogP contribution is 2.30. The number of pyridine rings is 1. The van der Waals surface area contributed by atoms with Gasteiger partial charge >= 0.3 is 0 Å². The normalized spacial score (nSPS) is 11.0. The second-order valence-corrected chi connectivity index (χ2v) is 8.64. The molecule has 156 valence electrons. The maximum atomic E-state index is 13.4. The van der Waals surface area contributed by atoms with Gasteiger partial charge in [0.2, 0.25) is 5.91 Å². The summed E-state index contributed by atoms with van der Waals surface area (Å²) in [5.74, 6) is -0.0491. The third-order valence-corrected chi connectivity index (χ3v) is 6.31. The van der Waals surface area contributed by atoms with Crippen molar-refractivity contribution in [1.29, 1.82) is 0 Å². The highest BCUT2D eigenvalue weighted by molar-refractivity contribution is 7.92. The zero-order valence-corrected chi connectivity index (χ0v) is 17.9. The number of ether oxygens (including phenoxy) is 1. The van der Waals surface area contributed by atoms with Crippen LogP contribution in [0.1, 0.15) is 5.56 Å². The fraction of sp³-hybridized carbons (Fsp3) is 0.143. The van der Waals surface area contributed by atoms with E-state index in [9.17, 15) is 13.2 Å². The average Bonchev–Trinajstić information content (AvgIpc) is 2.75. The zero-order valence-electron chi connectivity index (χ0n) is 16.4. The van der Waals surface area contributed by atoms with Crippen LogP contribution in [0.4, 0.5) is 11.4 Å². The number of aryl methyl sites for hydroxylation is 1. The number of nitrogens with zero attached hydrogens (tertiary/aromatic N) is 2. The van der Waals surface area contributed by atoms with Gasteiger partial charge < -0.3 is 10.1 Å². The number of amides is 1. The second kappa shape index (κ2) is 9.15. The van der Waals surface area contributed by atoms with Crippen LogP contribution >= 0.6 is 11.6 Å². The Hall–Kier alpha value is -3.10. The van der Waals surface area contributed by atoms with E-state index in [1.807, 2.05) is 0 Å². The molecule has 0 aliphatic carbocycles. The SMILES string of the molecule is COc1ccc(C)c(N(CC(=O)Nc2ccc(Cl)nc2)S(=O)(=O)c2ccccc2)c1. The van der Waals surface area contributed by atoms with Crippen LogP contribution in [0.25, 0.3) is 0 Å². The van der Waals surface area contributed by atoms with Crippen LogP contribution in [-0.4, -0.2) is 33.0 Å². The number of hydrogen-bond donors (Lipinski definition) is 1. The van der Waals surface area contributed by atoms with E-state index in [0.29, 0.717) is 22.7 Å². The van der Waals surface area contributed by atoms with Crippen LogP contribution < -0.4 is 14.4 Å². The maximum Gasteiger partial charge on any atom is 0.264 e. The molecule has 30 heavy (non-hydrogen) atoms. The molecule has 2 aromatic carbocycles. The van der Waals surface area contributed by atoms with Crippen molar-refractivity contribution in [2.24, 2.45) is 0 Å². The van der Waals surface area contributed by atoms with Crippen molar-refractivity contribution in [2.75, 3.05) is 23.3 Å². The molecule has 0 fully saturated rings. The molecule has 1 amide bonds. The summed E-state index contributed by atoms with van der Waals surface area (Å²) in [5.41, 5.74) is 1.43. The van der Waals surface area contributed by atoms with Crippen molar-refractivity contribution in [2.45, 2.75) is 11.8 Å². The van der Waals surface area contributed by atoms with Gasteiger partial charge in [0.15, 0.2) is 0 Å². The molecule has 1 aromatic heterocycles. The summed E-state index contributed by atoms with van der Waals surface area (Å²) in [7, 11) is -2.52. The number of sulfonamides is 1. The summed E-state index contributed by atoms with van der Waals surface area (Å²) >= 11 is 5.76. The minimum absolute atomic E-state index is 0.0770. The molecule has 1 N–H and O–H groups in total. The summed E-state index contributed by atoms with van der Waals surface area (Å²) in [5, 5.41) is 2.93. The lowest BCUT2D eigenvalue weighted by Gasteiger charge is -2.26. The predicted molar refractivity (Wildman–Crippen MR) is 117 cm³/mol. The van der Waals surface area contributed by atoms with Crippen molar-refractivity contribution in [3.8, 4) is 5.75 Å². The Bertz CT molecular complexity index is 1140. The van der Waals surface area contributed by atoms with Gasteiger partial charge in [-0.25, -0.2) is 13.4 Å². The zero-order chi connectivity index (χ0) is 21.7. The van der Waals surface area contributed by atoms with E-state index in [0.717, 1.165) is 4.31 Å². The second-order valence-electron chi connectivity index (χ2n) is 6.39. The molecule has 0 saturated carbocycles. The molecule has 0 unspecified atom stereocenters. The first-order valence-electron chi connectivity index (χ1n) is 8.95. The smallest absolute Gasteiger partial charge is 0.264 e. The number of nitrogens with one attached hydrogen (secondary N) is 1. The highest BCUT2D eigenvalue weighted by atomic mass is 35.5. The Kier molecular flexibility index (Phi) is 6.59. The lowest BCUT2D eigenvalue weighted by atomic mass is 10.2. The van der Waals surface area contributed by atoms with E-state index in [2.05, 4.69) is 10.3 Å². The molecule has 0 radical (unpaired) electrons.